The number of anilines is 2. The van der Waals surface area contributed by atoms with Crippen LogP contribution in [0.5, 0.6) is 0 Å². The number of aromatic nitrogens is 1. The molecular formula is C24H28FN5O4. The van der Waals surface area contributed by atoms with Crippen LogP contribution in [0, 0.1) is 5.82 Å². The molecule has 1 fully saturated rings. The number of amides is 2. The maximum atomic E-state index is 13.4. The second kappa shape index (κ2) is 9.66. The molecular weight excluding hydrogens is 441 g/mol. The number of rotatable bonds is 4. The molecule has 1 aromatic carbocycles. The number of halogens is 1. The van der Waals surface area contributed by atoms with Gasteiger partial charge in [0, 0.05) is 38.2 Å². The second-order valence-electron chi connectivity index (χ2n) is 9.19. The lowest BCUT2D eigenvalue weighted by Crippen LogP contribution is -2.50. The number of nitrogens with zero attached hydrogens (tertiary/aromatic N) is 4. The highest BCUT2D eigenvalue weighted by atomic mass is 19.1. The highest BCUT2D eigenvalue weighted by molar-refractivity contribution is 6.05. The molecule has 2 aromatic rings. The van der Waals surface area contributed by atoms with E-state index in [9.17, 15) is 14.0 Å². The molecule has 2 aliphatic rings. The van der Waals surface area contributed by atoms with Gasteiger partial charge in [-0.25, -0.2) is 14.2 Å². The van der Waals surface area contributed by atoms with E-state index in [0.717, 1.165) is 5.69 Å². The van der Waals surface area contributed by atoms with Crippen LogP contribution in [0.4, 0.5) is 20.7 Å². The van der Waals surface area contributed by atoms with Crippen molar-refractivity contribution in [1.82, 2.24) is 9.88 Å². The van der Waals surface area contributed by atoms with Gasteiger partial charge in [0.1, 0.15) is 17.2 Å². The number of oxime groups is 1. The van der Waals surface area contributed by atoms with Gasteiger partial charge in [-0.05, 0) is 45.0 Å². The van der Waals surface area contributed by atoms with Crippen molar-refractivity contribution in [3.63, 3.8) is 0 Å². The first-order chi connectivity index (χ1) is 16.2. The van der Waals surface area contributed by atoms with Crippen LogP contribution in [0.3, 0.4) is 0 Å². The van der Waals surface area contributed by atoms with Gasteiger partial charge in [-0.3, -0.25) is 4.79 Å². The summed E-state index contributed by atoms with van der Waals surface area (Å²) in [6, 6.07) is 9.60. The first-order valence-corrected chi connectivity index (χ1v) is 11.2. The average molecular weight is 470 g/mol. The van der Waals surface area contributed by atoms with Crippen molar-refractivity contribution in [3.8, 4) is 0 Å². The molecule has 180 valence electrons. The van der Waals surface area contributed by atoms with Crippen LogP contribution in [-0.4, -0.2) is 65.5 Å². The lowest BCUT2D eigenvalue weighted by atomic mass is 10.0. The lowest BCUT2D eigenvalue weighted by Gasteiger charge is -2.36. The first kappa shape index (κ1) is 23.5. The van der Waals surface area contributed by atoms with E-state index in [1.807, 2.05) is 26.8 Å². The molecule has 0 spiro atoms. The summed E-state index contributed by atoms with van der Waals surface area (Å²) in [5.41, 5.74) is 1.49. The normalized spacial score (nSPS) is 18.2. The number of pyridine rings is 1. The van der Waals surface area contributed by atoms with E-state index in [-0.39, 0.29) is 24.2 Å². The average Bonchev–Trinajstić information content (AvgIpc) is 3.29. The van der Waals surface area contributed by atoms with E-state index in [0.29, 0.717) is 43.3 Å². The fourth-order valence-electron chi connectivity index (χ4n) is 3.68. The number of nitrogens with one attached hydrogen (secondary N) is 1. The molecule has 0 aliphatic carbocycles. The van der Waals surface area contributed by atoms with Gasteiger partial charge in [0.2, 0.25) is 6.10 Å². The monoisotopic (exact) mass is 469 g/mol. The summed E-state index contributed by atoms with van der Waals surface area (Å²) in [5.74, 6) is -0.353. The zero-order chi connectivity index (χ0) is 24.3. The molecule has 10 heteroatoms. The van der Waals surface area contributed by atoms with Crippen LogP contribution in [0.15, 0.2) is 47.8 Å². The first-order valence-electron chi connectivity index (χ1n) is 11.2. The van der Waals surface area contributed by atoms with Crippen LogP contribution in [0.25, 0.3) is 0 Å². The molecule has 0 bridgehead atoms. The van der Waals surface area contributed by atoms with Crippen molar-refractivity contribution in [2.24, 2.45) is 5.16 Å². The van der Waals surface area contributed by atoms with Gasteiger partial charge >= 0.3 is 6.09 Å². The van der Waals surface area contributed by atoms with E-state index in [1.165, 1.54) is 12.1 Å². The number of piperazine rings is 1. The van der Waals surface area contributed by atoms with Crippen LogP contribution < -0.4 is 10.2 Å². The van der Waals surface area contributed by atoms with E-state index < -0.39 is 11.7 Å². The van der Waals surface area contributed by atoms with Crippen molar-refractivity contribution >= 4 is 29.2 Å². The summed E-state index contributed by atoms with van der Waals surface area (Å²) >= 11 is 0. The summed E-state index contributed by atoms with van der Waals surface area (Å²) < 4.78 is 18.9. The third kappa shape index (κ3) is 5.81. The Kier molecular flexibility index (Phi) is 6.67. The van der Waals surface area contributed by atoms with Crippen molar-refractivity contribution in [3.05, 3.63) is 54.0 Å². The highest BCUT2D eigenvalue weighted by Gasteiger charge is 2.30. The number of benzene rings is 1. The maximum Gasteiger partial charge on any atom is 0.410 e. The lowest BCUT2D eigenvalue weighted by molar-refractivity contribution is -0.125. The van der Waals surface area contributed by atoms with Gasteiger partial charge in [-0.15, -0.1) is 0 Å². The Morgan fingerprint density at radius 2 is 1.91 bits per heavy atom. The molecule has 0 radical (unpaired) electrons. The van der Waals surface area contributed by atoms with Gasteiger partial charge < -0.3 is 24.7 Å². The van der Waals surface area contributed by atoms with Crippen molar-refractivity contribution < 1.29 is 23.6 Å². The summed E-state index contributed by atoms with van der Waals surface area (Å²) in [5, 5.41) is 6.66. The minimum absolute atomic E-state index is 0.245. The fourth-order valence-corrected chi connectivity index (χ4v) is 3.68. The quantitative estimate of drug-likeness (QED) is 0.737. The van der Waals surface area contributed by atoms with Crippen LogP contribution in [-0.2, 0) is 14.4 Å². The van der Waals surface area contributed by atoms with Crippen molar-refractivity contribution in [2.75, 3.05) is 36.4 Å². The molecule has 1 aromatic heterocycles. The fraction of sp³-hybridized carbons (Fsp3) is 0.417. The number of carbonyl (C=O) groups excluding carboxylic acids is 2. The van der Waals surface area contributed by atoms with Crippen LogP contribution >= 0.6 is 0 Å². The Bertz CT molecular complexity index is 1080. The summed E-state index contributed by atoms with van der Waals surface area (Å²) in [7, 11) is 0. The Hall–Kier alpha value is -3.69. The third-order valence-electron chi connectivity index (χ3n) is 5.41. The molecule has 1 saturated heterocycles. The summed E-state index contributed by atoms with van der Waals surface area (Å²) in [6.07, 6.45) is 0.820. The molecule has 34 heavy (non-hydrogen) atoms. The zero-order valence-electron chi connectivity index (χ0n) is 19.5. The largest absolute Gasteiger partial charge is 0.444 e. The van der Waals surface area contributed by atoms with Gasteiger partial charge in [-0.2, -0.15) is 0 Å². The highest BCUT2D eigenvalue weighted by Crippen LogP contribution is 2.21. The van der Waals surface area contributed by atoms with Crippen molar-refractivity contribution in [1.29, 1.82) is 0 Å². The Labute approximate surface area is 197 Å². The predicted molar refractivity (Wildman–Crippen MR) is 125 cm³/mol. The molecule has 1 atom stereocenters. The van der Waals surface area contributed by atoms with E-state index >= 15 is 0 Å². The molecule has 2 aliphatic heterocycles. The minimum Gasteiger partial charge on any atom is -0.444 e. The van der Waals surface area contributed by atoms with Gasteiger partial charge in [0.05, 0.1) is 17.6 Å². The Morgan fingerprint density at radius 3 is 2.56 bits per heavy atom. The smallest absolute Gasteiger partial charge is 0.410 e. The van der Waals surface area contributed by atoms with Gasteiger partial charge in [0.25, 0.3) is 5.91 Å². The van der Waals surface area contributed by atoms with Gasteiger partial charge in [-0.1, -0.05) is 17.3 Å². The second-order valence-corrected chi connectivity index (χ2v) is 9.19. The zero-order valence-corrected chi connectivity index (χ0v) is 19.5. The number of ether oxygens (including phenoxy) is 1. The van der Waals surface area contributed by atoms with E-state index in [4.69, 9.17) is 9.57 Å². The Morgan fingerprint density at radius 1 is 1.15 bits per heavy atom. The van der Waals surface area contributed by atoms with Crippen molar-refractivity contribution in [2.45, 2.75) is 38.9 Å². The minimum atomic E-state index is -0.805. The number of hydrogen-bond donors (Lipinski definition) is 1. The molecule has 3 heterocycles. The van der Waals surface area contributed by atoms with E-state index in [1.54, 1.807) is 29.3 Å². The molecule has 2 amide bonds. The molecule has 4 rings (SSSR count). The molecule has 1 unspecified atom stereocenters. The van der Waals surface area contributed by atoms with Crippen LogP contribution in [0.2, 0.25) is 0 Å². The van der Waals surface area contributed by atoms with E-state index in [2.05, 4.69) is 20.4 Å². The SMILES string of the molecule is CC(C)(C)OC(=O)N1CCN(c2ccc(NC(=O)C3CC(c4cccc(F)c4)=NO3)nc2)CC1. The van der Waals surface area contributed by atoms with Gasteiger partial charge in [0.15, 0.2) is 0 Å². The van der Waals surface area contributed by atoms with Crippen LogP contribution in [0.1, 0.15) is 32.8 Å². The summed E-state index contributed by atoms with van der Waals surface area (Å²) in [4.78, 5) is 38.2. The predicted octanol–water partition coefficient (Wildman–Crippen LogP) is 3.41. The maximum absolute atomic E-state index is 13.4. The molecule has 9 nitrogen and oxygen atoms in total. The molecule has 1 N–H and O–H groups in total. The number of carbonyl (C=O) groups is 2. The molecule has 0 saturated carbocycles. The topological polar surface area (TPSA) is 96.4 Å². The number of hydrogen-bond acceptors (Lipinski definition) is 7. The standard InChI is InChI=1S/C24H28FN5O4/c1-24(2,3)33-23(32)30-11-9-29(10-12-30)18-7-8-21(26-15-18)27-22(31)20-14-19(28-34-20)16-5-4-6-17(25)13-16/h4-8,13,15,20H,9-12,14H2,1-3H3,(H,26,27,31). The Balaban J connectivity index is 1.27. The summed E-state index contributed by atoms with van der Waals surface area (Å²) in [6.45, 7) is 7.97. The third-order valence-corrected chi connectivity index (χ3v) is 5.41.